The Balaban J connectivity index is 0.00000336. The van der Waals surface area contributed by atoms with Gasteiger partial charge in [0.05, 0.1) is 29.8 Å². The molecule has 202 valence electrons. The van der Waals surface area contributed by atoms with Crippen molar-refractivity contribution in [3.05, 3.63) is 54.4 Å². The van der Waals surface area contributed by atoms with Gasteiger partial charge in [-0.3, -0.25) is 0 Å². The van der Waals surface area contributed by atoms with Crippen molar-refractivity contribution in [3.8, 4) is 22.6 Å². The number of nitrogens with one attached hydrogen (secondary N) is 2. The molecule has 1 atom stereocenters. The number of sulfonamides is 1. The first kappa shape index (κ1) is 27.6. The molecule has 0 saturated carbocycles. The van der Waals surface area contributed by atoms with E-state index < -0.39 is 10.0 Å². The van der Waals surface area contributed by atoms with Crippen molar-refractivity contribution >= 4 is 26.9 Å². The number of aromatic amines is 1. The Morgan fingerprint density at radius 2 is 2.03 bits per heavy atom. The molecule has 0 amide bonds. The summed E-state index contributed by atoms with van der Waals surface area (Å²) < 4.78 is 34.0. The highest BCUT2D eigenvalue weighted by atomic mass is 32.2. The van der Waals surface area contributed by atoms with Gasteiger partial charge in [-0.1, -0.05) is 13.5 Å². The van der Waals surface area contributed by atoms with Crippen molar-refractivity contribution in [2.75, 3.05) is 37.8 Å². The molecule has 0 bridgehead atoms. The minimum absolute atomic E-state index is 0. The Kier molecular flexibility index (Phi) is 8.41. The number of hydrogen-bond donors (Lipinski definition) is 3. The number of aliphatic hydroxyl groups excluding tert-OH is 1. The molecule has 1 saturated heterocycles. The van der Waals surface area contributed by atoms with Crippen LogP contribution in [0.25, 0.3) is 33.7 Å². The highest BCUT2D eigenvalue weighted by Crippen LogP contribution is 2.32. The van der Waals surface area contributed by atoms with Gasteiger partial charge in [0.15, 0.2) is 5.82 Å². The summed E-state index contributed by atoms with van der Waals surface area (Å²) in [6, 6.07) is 10.9. The summed E-state index contributed by atoms with van der Waals surface area (Å²) >= 11 is 0. The Morgan fingerprint density at radius 3 is 2.82 bits per heavy atom. The van der Waals surface area contributed by atoms with Crippen LogP contribution in [0.1, 0.15) is 26.3 Å². The highest BCUT2D eigenvalue weighted by molar-refractivity contribution is 7.89. The van der Waals surface area contributed by atoms with Gasteiger partial charge in [-0.05, 0) is 50.1 Å². The molecule has 1 aliphatic rings. The standard InChI is InChI=1S/C26H30N6O4S.CH4/c1-17-4-5-19(37(34,35)29-8-3-12-33)14-22(17)23-15-24(32-11-13-36-16-18(32)2)31-26(30-23)21-7-10-28-25-20(21)6-9-27-25;/h4-7,9-10,14-15,18,29,33H,3,8,11-13,16H2,1-2H3,(H,27,28);1H4/t18-;/m1./s1. The fourth-order valence-corrected chi connectivity index (χ4v) is 5.58. The van der Waals surface area contributed by atoms with Crippen molar-refractivity contribution in [2.24, 2.45) is 0 Å². The minimum Gasteiger partial charge on any atom is -0.396 e. The van der Waals surface area contributed by atoms with Crippen LogP contribution >= 0.6 is 0 Å². The molecule has 3 aromatic heterocycles. The third kappa shape index (κ3) is 5.56. The molecule has 1 aromatic carbocycles. The number of nitrogens with zero attached hydrogens (tertiary/aromatic N) is 4. The van der Waals surface area contributed by atoms with E-state index in [2.05, 4.69) is 26.5 Å². The van der Waals surface area contributed by atoms with E-state index in [-0.39, 0.29) is 31.5 Å². The third-order valence-corrected chi connectivity index (χ3v) is 7.96. The first-order chi connectivity index (χ1) is 17.9. The Hall–Kier alpha value is -3.38. The predicted octanol–water partition coefficient (Wildman–Crippen LogP) is 3.52. The molecule has 1 aliphatic heterocycles. The molecule has 0 aliphatic carbocycles. The summed E-state index contributed by atoms with van der Waals surface area (Å²) in [6.45, 7) is 5.98. The molecule has 5 rings (SSSR count). The van der Waals surface area contributed by atoms with Crippen LogP contribution in [0.15, 0.2) is 53.7 Å². The van der Waals surface area contributed by atoms with Crippen molar-refractivity contribution < 1.29 is 18.3 Å². The summed E-state index contributed by atoms with van der Waals surface area (Å²) in [7, 11) is -3.75. The van der Waals surface area contributed by atoms with Gasteiger partial charge in [0, 0.05) is 54.7 Å². The van der Waals surface area contributed by atoms with Crippen molar-refractivity contribution in [2.45, 2.75) is 38.6 Å². The van der Waals surface area contributed by atoms with Crippen LogP contribution in [0.5, 0.6) is 0 Å². The van der Waals surface area contributed by atoms with Crippen LogP contribution in [0.3, 0.4) is 0 Å². The minimum atomic E-state index is -3.75. The molecule has 0 spiro atoms. The lowest BCUT2D eigenvalue weighted by atomic mass is 10.0. The number of benzene rings is 1. The van der Waals surface area contributed by atoms with E-state index in [1.807, 2.05) is 31.3 Å². The van der Waals surface area contributed by atoms with E-state index in [1.54, 1.807) is 24.4 Å². The maximum Gasteiger partial charge on any atom is 0.240 e. The Bertz CT molecular complexity index is 1520. The topological polar surface area (TPSA) is 133 Å². The molecular formula is C27H34N6O4S. The van der Waals surface area contributed by atoms with Crippen LogP contribution in [-0.4, -0.2) is 72.4 Å². The highest BCUT2D eigenvalue weighted by Gasteiger charge is 2.24. The van der Waals surface area contributed by atoms with E-state index >= 15 is 0 Å². The summed E-state index contributed by atoms with van der Waals surface area (Å²) in [5, 5.41) is 9.92. The first-order valence-corrected chi connectivity index (χ1v) is 13.7. The van der Waals surface area contributed by atoms with Gasteiger partial charge in [0.1, 0.15) is 11.5 Å². The lowest BCUT2D eigenvalue weighted by molar-refractivity contribution is 0.0985. The Morgan fingerprint density at radius 1 is 1.18 bits per heavy atom. The van der Waals surface area contributed by atoms with E-state index in [0.717, 1.165) is 28.0 Å². The van der Waals surface area contributed by atoms with Gasteiger partial charge in [-0.2, -0.15) is 0 Å². The van der Waals surface area contributed by atoms with Gasteiger partial charge in [0.25, 0.3) is 0 Å². The maximum absolute atomic E-state index is 12.9. The molecular weight excluding hydrogens is 504 g/mol. The summed E-state index contributed by atoms with van der Waals surface area (Å²) in [4.78, 5) is 19.7. The average Bonchev–Trinajstić information content (AvgIpc) is 3.38. The SMILES string of the molecule is C.Cc1ccc(S(=O)(=O)NCCCO)cc1-c1cc(N2CCOC[C@H]2C)nc(-c2ccnc3[nH]ccc23)n1. The smallest absolute Gasteiger partial charge is 0.240 e. The molecule has 4 aromatic rings. The number of aryl methyl sites for hydroxylation is 1. The van der Waals surface area contributed by atoms with Crippen molar-refractivity contribution in [1.29, 1.82) is 0 Å². The van der Waals surface area contributed by atoms with Crippen LogP contribution in [0.2, 0.25) is 0 Å². The zero-order valence-corrected chi connectivity index (χ0v) is 21.6. The van der Waals surface area contributed by atoms with Crippen LogP contribution in [0, 0.1) is 6.92 Å². The second-order valence-electron chi connectivity index (χ2n) is 9.10. The number of ether oxygens (including phenoxy) is 1. The number of pyridine rings is 1. The normalized spacial score (nSPS) is 16.0. The van der Waals surface area contributed by atoms with Crippen LogP contribution in [0.4, 0.5) is 5.82 Å². The number of hydrogen-bond acceptors (Lipinski definition) is 8. The largest absolute Gasteiger partial charge is 0.396 e. The van der Waals surface area contributed by atoms with E-state index in [1.165, 1.54) is 0 Å². The number of morpholine rings is 1. The zero-order valence-electron chi connectivity index (χ0n) is 20.8. The fraction of sp³-hybridized carbons (Fsp3) is 0.370. The summed E-state index contributed by atoms with van der Waals surface area (Å²) in [5.41, 5.74) is 3.80. The molecule has 10 nitrogen and oxygen atoms in total. The third-order valence-electron chi connectivity index (χ3n) is 6.50. The second-order valence-corrected chi connectivity index (χ2v) is 10.9. The van der Waals surface area contributed by atoms with Crippen molar-refractivity contribution in [3.63, 3.8) is 0 Å². The van der Waals surface area contributed by atoms with E-state index in [0.29, 0.717) is 43.3 Å². The molecule has 0 unspecified atom stereocenters. The summed E-state index contributed by atoms with van der Waals surface area (Å²) in [5.74, 6) is 1.29. The van der Waals surface area contributed by atoms with Gasteiger partial charge in [0.2, 0.25) is 10.0 Å². The van der Waals surface area contributed by atoms with Crippen LogP contribution in [-0.2, 0) is 14.8 Å². The maximum atomic E-state index is 12.9. The number of H-pyrrole nitrogens is 1. The molecule has 4 heterocycles. The average molecular weight is 539 g/mol. The monoisotopic (exact) mass is 538 g/mol. The van der Waals surface area contributed by atoms with Gasteiger partial charge >= 0.3 is 0 Å². The summed E-state index contributed by atoms with van der Waals surface area (Å²) in [6.07, 6.45) is 3.89. The van der Waals surface area contributed by atoms with Gasteiger partial charge in [-0.15, -0.1) is 0 Å². The van der Waals surface area contributed by atoms with Gasteiger partial charge in [-0.25, -0.2) is 28.1 Å². The van der Waals surface area contributed by atoms with Crippen LogP contribution < -0.4 is 9.62 Å². The number of aliphatic hydroxyl groups is 1. The lowest BCUT2D eigenvalue weighted by Crippen LogP contribution is -2.44. The fourth-order valence-electron chi connectivity index (χ4n) is 4.48. The van der Waals surface area contributed by atoms with E-state index in [9.17, 15) is 8.42 Å². The van der Waals surface area contributed by atoms with E-state index in [4.69, 9.17) is 19.8 Å². The predicted molar refractivity (Wildman–Crippen MR) is 149 cm³/mol. The lowest BCUT2D eigenvalue weighted by Gasteiger charge is -2.34. The number of rotatable bonds is 8. The quantitative estimate of drug-likeness (QED) is 0.290. The van der Waals surface area contributed by atoms with Crippen molar-refractivity contribution in [1.82, 2.24) is 24.7 Å². The molecule has 11 heteroatoms. The number of aromatic nitrogens is 4. The van der Waals surface area contributed by atoms with Gasteiger partial charge < -0.3 is 19.7 Å². The molecule has 38 heavy (non-hydrogen) atoms. The molecule has 0 radical (unpaired) electrons. The Labute approximate surface area is 223 Å². The molecule has 3 N–H and O–H groups in total. The number of anilines is 1. The second kappa shape index (κ2) is 11.6. The number of fused-ring (bicyclic) bond motifs is 1. The zero-order chi connectivity index (χ0) is 26.0. The molecule has 1 fully saturated rings. The first-order valence-electron chi connectivity index (χ1n) is 12.2.